The largest absolute Gasteiger partial charge is 0.297 e. The predicted molar refractivity (Wildman–Crippen MR) is 57.8 cm³/mol. The maximum atomic E-state index is 8.68. The molecule has 0 aromatic rings. The summed E-state index contributed by atoms with van der Waals surface area (Å²) in [7, 11) is 0. The first-order valence-corrected chi connectivity index (χ1v) is 6.05. The van der Waals surface area contributed by atoms with Crippen LogP contribution in [0.3, 0.4) is 0 Å². The SMILES string of the molecule is CCC(CC#N)N1CCSC(C)C1. The van der Waals surface area contributed by atoms with E-state index >= 15 is 0 Å². The van der Waals surface area contributed by atoms with Gasteiger partial charge >= 0.3 is 0 Å². The first kappa shape index (κ1) is 10.9. The van der Waals surface area contributed by atoms with Gasteiger partial charge in [-0.1, -0.05) is 13.8 Å². The minimum Gasteiger partial charge on any atom is -0.297 e. The van der Waals surface area contributed by atoms with Crippen molar-refractivity contribution in [2.24, 2.45) is 0 Å². The summed E-state index contributed by atoms with van der Waals surface area (Å²) in [5.41, 5.74) is 0. The lowest BCUT2D eigenvalue weighted by atomic mass is 10.1. The molecule has 0 amide bonds. The van der Waals surface area contributed by atoms with Crippen molar-refractivity contribution in [3.63, 3.8) is 0 Å². The molecule has 1 aliphatic heterocycles. The van der Waals surface area contributed by atoms with Crippen LogP contribution in [0.25, 0.3) is 0 Å². The van der Waals surface area contributed by atoms with E-state index in [0.29, 0.717) is 12.5 Å². The van der Waals surface area contributed by atoms with Gasteiger partial charge in [-0.3, -0.25) is 4.90 Å². The number of thioether (sulfide) groups is 1. The molecule has 1 rings (SSSR count). The molecular weight excluding hydrogens is 180 g/mol. The van der Waals surface area contributed by atoms with Crippen LogP contribution in [0.1, 0.15) is 26.7 Å². The predicted octanol–water partition coefficient (Wildman–Crippen LogP) is 2.12. The summed E-state index contributed by atoms with van der Waals surface area (Å²) in [6.45, 7) is 6.77. The van der Waals surface area contributed by atoms with E-state index in [1.54, 1.807) is 0 Å². The Morgan fingerprint density at radius 2 is 2.46 bits per heavy atom. The fourth-order valence-electron chi connectivity index (χ4n) is 1.81. The second kappa shape index (κ2) is 5.51. The lowest BCUT2D eigenvalue weighted by Crippen LogP contribution is -2.43. The molecule has 2 atom stereocenters. The van der Waals surface area contributed by atoms with Gasteiger partial charge < -0.3 is 0 Å². The molecule has 3 heteroatoms. The van der Waals surface area contributed by atoms with Crippen molar-refractivity contribution in [3.05, 3.63) is 0 Å². The number of nitrogens with zero attached hydrogens (tertiary/aromatic N) is 2. The van der Waals surface area contributed by atoms with Gasteiger partial charge in [0.25, 0.3) is 0 Å². The fourth-order valence-corrected chi connectivity index (χ4v) is 2.85. The summed E-state index contributed by atoms with van der Waals surface area (Å²) in [6.07, 6.45) is 1.79. The molecule has 0 radical (unpaired) electrons. The van der Waals surface area contributed by atoms with Gasteiger partial charge in [-0.2, -0.15) is 17.0 Å². The Hall–Kier alpha value is -0.200. The maximum Gasteiger partial charge on any atom is 0.0638 e. The zero-order chi connectivity index (χ0) is 9.68. The van der Waals surface area contributed by atoms with E-state index in [-0.39, 0.29) is 0 Å². The van der Waals surface area contributed by atoms with Gasteiger partial charge in [0.2, 0.25) is 0 Å². The number of hydrogen-bond donors (Lipinski definition) is 0. The highest BCUT2D eigenvalue weighted by atomic mass is 32.2. The van der Waals surface area contributed by atoms with E-state index in [1.807, 2.05) is 11.8 Å². The summed E-state index contributed by atoms with van der Waals surface area (Å²) >= 11 is 2.04. The molecular formula is C10H18N2S. The summed E-state index contributed by atoms with van der Waals surface area (Å²) in [5, 5.41) is 9.42. The van der Waals surface area contributed by atoms with Gasteiger partial charge in [-0.25, -0.2) is 0 Å². The van der Waals surface area contributed by atoms with Gasteiger partial charge in [0.15, 0.2) is 0 Å². The molecule has 2 nitrogen and oxygen atoms in total. The van der Waals surface area contributed by atoms with Crippen LogP contribution < -0.4 is 0 Å². The number of nitriles is 1. The molecule has 1 heterocycles. The summed E-state index contributed by atoms with van der Waals surface area (Å²) in [4.78, 5) is 2.48. The van der Waals surface area contributed by atoms with Crippen LogP contribution in [0.2, 0.25) is 0 Å². The normalized spacial score (nSPS) is 26.7. The average Bonchev–Trinajstić information content (AvgIpc) is 2.14. The highest BCUT2D eigenvalue weighted by Crippen LogP contribution is 2.21. The van der Waals surface area contributed by atoms with Gasteiger partial charge in [0.1, 0.15) is 0 Å². The van der Waals surface area contributed by atoms with E-state index in [2.05, 4.69) is 24.8 Å². The highest BCUT2D eigenvalue weighted by molar-refractivity contribution is 7.99. The molecule has 0 aliphatic carbocycles. The van der Waals surface area contributed by atoms with Crippen LogP contribution in [0.15, 0.2) is 0 Å². The van der Waals surface area contributed by atoms with Gasteiger partial charge in [-0.15, -0.1) is 0 Å². The molecule has 2 unspecified atom stereocenters. The second-order valence-electron chi connectivity index (χ2n) is 3.60. The first-order valence-electron chi connectivity index (χ1n) is 5.00. The third kappa shape index (κ3) is 3.21. The van der Waals surface area contributed by atoms with E-state index in [9.17, 15) is 0 Å². The molecule has 0 spiro atoms. The zero-order valence-electron chi connectivity index (χ0n) is 8.49. The Labute approximate surface area is 85.3 Å². The Kier molecular flexibility index (Phi) is 4.61. The van der Waals surface area contributed by atoms with Crippen LogP contribution >= 0.6 is 11.8 Å². The van der Waals surface area contributed by atoms with E-state index in [0.717, 1.165) is 24.8 Å². The Balaban J connectivity index is 2.43. The Bertz CT molecular complexity index is 188. The van der Waals surface area contributed by atoms with Crippen LogP contribution in [0.5, 0.6) is 0 Å². The standard InChI is InChI=1S/C10H18N2S/c1-3-10(4-5-11)12-6-7-13-9(2)8-12/h9-10H,3-4,6-8H2,1-2H3. The monoisotopic (exact) mass is 198 g/mol. The second-order valence-corrected chi connectivity index (χ2v) is 5.15. The number of rotatable bonds is 3. The Morgan fingerprint density at radius 3 is 3.00 bits per heavy atom. The summed E-state index contributed by atoms with van der Waals surface area (Å²) < 4.78 is 0. The van der Waals surface area contributed by atoms with Crippen molar-refractivity contribution in [2.45, 2.75) is 38.0 Å². The highest BCUT2D eigenvalue weighted by Gasteiger charge is 2.22. The van der Waals surface area contributed by atoms with Crippen molar-refractivity contribution in [2.75, 3.05) is 18.8 Å². The molecule has 0 bridgehead atoms. The van der Waals surface area contributed by atoms with E-state index in [1.165, 1.54) is 5.75 Å². The lowest BCUT2D eigenvalue weighted by molar-refractivity contribution is 0.202. The molecule has 1 saturated heterocycles. The molecule has 1 aliphatic rings. The van der Waals surface area contributed by atoms with Crippen LogP contribution in [0, 0.1) is 11.3 Å². The lowest BCUT2D eigenvalue weighted by Gasteiger charge is -2.35. The van der Waals surface area contributed by atoms with Crippen molar-refractivity contribution in [1.82, 2.24) is 4.90 Å². The molecule has 0 N–H and O–H groups in total. The van der Waals surface area contributed by atoms with Crippen LogP contribution in [0.4, 0.5) is 0 Å². The van der Waals surface area contributed by atoms with E-state index in [4.69, 9.17) is 5.26 Å². The quantitative estimate of drug-likeness (QED) is 0.695. The molecule has 0 saturated carbocycles. The van der Waals surface area contributed by atoms with Crippen LogP contribution in [-0.4, -0.2) is 35.0 Å². The van der Waals surface area contributed by atoms with Gasteiger partial charge in [0, 0.05) is 30.1 Å². The van der Waals surface area contributed by atoms with Crippen molar-refractivity contribution in [1.29, 1.82) is 5.26 Å². The summed E-state index contributed by atoms with van der Waals surface area (Å²) in [5.74, 6) is 1.23. The minimum absolute atomic E-state index is 0.494. The topological polar surface area (TPSA) is 27.0 Å². The number of hydrogen-bond acceptors (Lipinski definition) is 3. The van der Waals surface area contributed by atoms with Crippen molar-refractivity contribution < 1.29 is 0 Å². The van der Waals surface area contributed by atoms with Crippen LogP contribution in [-0.2, 0) is 0 Å². The molecule has 0 aromatic carbocycles. The third-order valence-electron chi connectivity index (χ3n) is 2.59. The molecule has 74 valence electrons. The third-order valence-corrected chi connectivity index (χ3v) is 3.72. The average molecular weight is 198 g/mol. The first-order chi connectivity index (χ1) is 6.27. The molecule has 13 heavy (non-hydrogen) atoms. The minimum atomic E-state index is 0.494. The fraction of sp³-hybridized carbons (Fsp3) is 0.900. The zero-order valence-corrected chi connectivity index (χ0v) is 9.31. The van der Waals surface area contributed by atoms with Gasteiger partial charge in [-0.05, 0) is 6.42 Å². The van der Waals surface area contributed by atoms with Gasteiger partial charge in [0.05, 0.1) is 12.5 Å². The van der Waals surface area contributed by atoms with Crippen molar-refractivity contribution in [3.8, 4) is 6.07 Å². The smallest absolute Gasteiger partial charge is 0.0638 e. The molecule has 1 fully saturated rings. The van der Waals surface area contributed by atoms with E-state index < -0.39 is 0 Å². The maximum absolute atomic E-state index is 8.68. The summed E-state index contributed by atoms with van der Waals surface area (Å²) in [6, 6.07) is 2.78. The van der Waals surface area contributed by atoms with Crippen molar-refractivity contribution >= 4 is 11.8 Å². The molecule has 0 aromatic heterocycles. The Morgan fingerprint density at radius 1 is 1.69 bits per heavy atom.